The van der Waals surface area contributed by atoms with Crippen LogP contribution in [0.3, 0.4) is 0 Å². The maximum absolute atomic E-state index is 11.7. The van der Waals surface area contributed by atoms with Gasteiger partial charge in [-0.3, -0.25) is 4.79 Å². The molecular formula is C15H31NO5S. The zero-order chi connectivity index (χ0) is 17.0. The third-order valence-corrected chi connectivity index (χ3v) is 4.62. The second-order valence-electron chi connectivity index (χ2n) is 5.85. The summed E-state index contributed by atoms with van der Waals surface area (Å²) in [4.78, 5) is 11.7. The van der Waals surface area contributed by atoms with Crippen LogP contribution in [0.4, 0.5) is 0 Å². The van der Waals surface area contributed by atoms with E-state index in [1.165, 1.54) is 0 Å². The van der Waals surface area contributed by atoms with Crippen LogP contribution in [0.2, 0.25) is 0 Å². The predicted molar refractivity (Wildman–Crippen MR) is 88.5 cm³/mol. The van der Waals surface area contributed by atoms with Crippen molar-refractivity contribution in [2.75, 3.05) is 38.1 Å². The molecule has 0 amide bonds. The van der Waals surface area contributed by atoms with E-state index in [9.17, 15) is 4.79 Å². The summed E-state index contributed by atoms with van der Waals surface area (Å²) >= 11 is 1.68. The van der Waals surface area contributed by atoms with Crippen LogP contribution in [0.1, 0.15) is 34.1 Å². The normalized spacial score (nSPS) is 14.6. The number of aliphatic hydroxyl groups is 1. The van der Waals surface area contributed by atoms with Crippen LogP contribution in [-0.4, -0.2) is 55.4 Å². The van der Waals surface area contributed by atoms with E-state index in [0.717, 1.165) is 17.9 Å². The van der Waals surface area contributed by atoms with Crippen LogP contribution in [0.15, 0.2) is 0 Å². The summed E-state index contributed by atoms with van der Waals surface area (Å²) in [6, 6.07) is 0. The molecule has 2 unspecified atom stereocenters. The molecule has 3 N–H and O–H groups in total. The highest BCUT2D eigenvalue weighted by Gasteiger charge is 2.26. The Morgan fingerprint density at radius 1 is 1.27 bits per heavy atom. The van der Waals surface area contributed by atoms with E-state index in [4.69, 9.17) is 25.1 Å². The van der Waals surface area contributed by atoms with Crippen molar-refractivity contribution in [2.24, 2.45) is 17.1 Å². The predicted octanol–water partition coefficient (Wildman–Crippen LogP) is 1.60. The second-order valence-corrected chi connectivity index (χ2v) is 7.00. The molecule has 0 aromatic rings. The Morgan fingerprint density at radius 2 is 1.91 bits per heavy atom. The van der Waals surface area contributed by atoms with E-state index in [0.29, 0.717) is 13.2 Å². The molecular weight excluding hydrogens is 306 g/mol. The zero-order valence-electron chi connectivity index (χ0n) is 14.2. The summed E-state index contributed by atoms with van der Waals surface area (Å²) in [5.41, 5.74) is 4.91. The van der Waals surface area contributed by atoms with Gasteiger partial charge in [0.05, 0.1) is 18.6 Å². The molecule has 22 heavy (non-hydrogen) atoms. The summed E-state index contributed by atoms with van der Waals surface area (Å²) in [7, 11) is 0. The summed E-state index contributed by atoms with van der Waals surface area (Å²) in [6.07, 6.45) is -0.0232. The summed E-state index contributed by atoms with van der Waals surface area (Å²) < 4.78 is 15.7. The number of carbonyl (C=O) groups is 1. The fourth-order valence-electron chi connectivity index (χ4n) is 1.20. The molecule has 132 valence electrons. The van der Waals surface area contributed by atoms with E-state index in [1.54, 1.807) is 11.8 Å². The van der Waals surface area contributed by atoms with Crippen LogP contribution < -0.4 is 5.73 Å². The molecule has 7 heteroatoms. The number of rotatable bonds is 13. The number of hydrogen-bond acceptors (Lipinski definition) is 7. The van der Waals surface area contributed by atoms with Gasteiger partial charge in [0, 0.05) is 11.7 Å². The minimum Gasteiger partial charge on any atom is -0.463 e. The van der Waals surface area contributed by atoms with Crippen molar-refractivity contribution in [1.29, 1.82) is 0 Å². The van der Waals surface area contributed by atoms with Gasteiger partial charge in [0.2, 0.25) is 0 Å². The van der Waals surface area contributed by atoms with Gasteiger partial charge in [0.25, 0.3) is 0 Å². The molecule has 0 aromatic carbocycles. The lowest BCUT2D eigenvalue weighted by molar-refractivity contribution is -0.157. The standard InChI is InChI=1S/C15H31NO5S/c1-5-15(3,4)14(18)21-7-6-19-11-20-8-9-22-10-12(2)13(16)17/h12-13,17H,5-11,16H2,1-4H3. The number of carbonyl (C=O) groups excluding carboxylic acids is 1. The molecule has 0 spiro atoms. The average Bonchev–Trinajstić information content (AvgIpc) is 2.48. The van der Waals surface area contributed by atoms with Crippen molar-refractivity contribution in [3.63, 3.8) is 0 Å². The van der Waals surface area contributed by atoms with Gasteiger partial charge in [0.15, 0.2) is 0 Å². The summed E-state index contributed by atoms with van der Waals surface area (Å²) in [6.45, 7) is 8.91. The van der Waals surface area contributed by atoms with Crippen molar-refractivity contribution >= 4 is 17.7 Å². The van der Waals surface area contributed by atoms with E-state index >= 15 is 0 Å². The van der Waals surface area contributed by atoms with E-state index in [2.05, 4.69) is 0 Å². The smallest absolute Gasteiger partial charge is 0.311 e. The maximum Gasteiger partial charge on any atom is 0.311 e. The monoisotopic (exact) mass is 337 g/mol. The molecule has 0 saturated carbocycles. The van der Waals surface area contributed by atoms with Crippen molar-refractivity contribution in [3.05, 3.63) is 0 Å². The number of esters is 1. The minimum atomic E-state index is -0.767. The lowest BCUT2D eigenvalue weighted by Gasteiger charge is -2.20. The number of aliphatic hydroxyl groups excluding tert-OH is 1. The molecule has 2 atom stereocenters. The fourth-order valence-corrected chi connectivity index (χ4v) is 2.17. The number of thioether (sulfide) groups is 1. The molecule has 0 aliphatic rings. The molecule has 0 aromatic heterocycles. The Labute approximate surface area is 138 Å². The molecule has 0 aliphatic heterocycles. The SMILES string of the molecule is CCC(C)(C)C(=O)OCCOCOCCSCC(C)C(N)O. The minimum absolute atomic E-state index is 0.0725. The third-order valence-electron chi connectivity index (χ3n) is 3.40. The van der Waals surface area contributed by atoms with Crippen molar-refractivity contribution in [1.82, 2.24) is 0 Å². The fraction of sp³-hybridized carbons (Fsp3) is 0.933. The number of hydrogen-bond donors (Lipinski definition) is 2. The zero-order valence-corrected chi connectivity index (χ0v) is 15.0. The Morgan fingerprint density at radius 3 is 2.50 bits per heavy atom. The Kier molecular flexibility index (Phi) is 11.9. The largest absolute Gasteiger partial charge is 0.463 e. The highest BCUT2D eigenvalue weighted by molar-refractivity contribution is 7.99. The van der Waals surface area contributed by atoms with Crippen LogP contribution in [0, 0.1) is 11.3 Å². The average molecular weight is 337 g/mol. The Bertz CT molecular complexity index is 300. The van der Waals surface area contributed by atoms with Crippen LogP contribution >= 0.6 is 11.8 Å². The molecule has 0 bridgehead atoms. The van der Waals surface area contributed by atoms with Crippen LogP contribution in [-0.2, 0) is 19.0 Å². The lowest BCUT2D eigenvalue weighted by Crippen LogP contribution is -2.29. The van der Waals surface area contributed by atoms with Gasteiger partial charge in [0.1, 0.15) is 19.6 Å². The summed E-state index contributed by atoms with van der Waals surface area (Å²) in [5, 5.41) is 9.13. The van der Waals surface area contributed by atoms with Gasteiger partial charge in [-0.1, -0.05) is 13.8 Å². The van der Waals surface area contributed by atoms with E-state index in [-0.39, 0.29) is 25.3 Å². The third kappa shape index (κ3) is 10.4. The second kappa shape index (κ2) is 12.1. The quantitative estimate of drug-likeness (QED) is 0.300. The molecule has 0 fully saturated rings. The highest BCUT2D eigenvalue weighted by atomic mass is 32.2. The first-order chi connectivity index (χ1) is 10.3. The molecule has 0 heterocycles. The first kappa shape index (κ1) is 21.7. The van der Waals surface area contributed by atoms with Crippen LogP contribution in [0.5, 0.6) is 0 Å². The Balaban J connectivity index is 3.36. The van der Waals surface area contributed by atoms with Gasteiger partial charge < -0.3 is 25.1 Å². The number of nitrogens with two attached hydrogens (primary N) is 1. The van der Waals surface area contributed by atoms with Gasteiger partial charge in [-0.2, -0.15) is 11.8 Å². The van der Waals surface area contributed by atoms with E-state index < -0.39 is 11.6 Å². The van der Waals surface area contributed by atoms with Gasteiger partial charge in [-0.15, -0.1) is 0 Å². The molecule has 6 nitrogen and oxygen atoms in total. The first-order valence-electron chi connectivity index (χ1n) is 7.65. The first-order valence-corrected chi connectivity index (χ1v) is 8.80. The van der Waals surface area contributed by atoms with Gasteiger partial charge >= 0.3 is 5.97 Å². The van der Waals surface area contributed by atoms with Gasteiger partial charge in [-0.05, 0) is 26.0 Å². The highest BCUT2D eigenvalue weighted by Crippen LogP contribution is 2.21. The lowest BCUT2D eigenvalue weighted by atomic mass is 9.91. The molecule has 0 radical (unpaired) electrons. The molecule has 0 aliphatic carbocycles. The van der Waals surface area contributed by atoms with Gasteiger partial charge in [-0.25, -0.2) is 0 Å². The van der Waals surface area contributed by atoms with E-state index in [1.807, 2.05) is 27.7 Å². The number of ether oxygens (including phenoxy) is 3. The topological polar surface area (TPSA) is 91.0 Å². The molecule has 0 saturated heterocycles. The Hall–Kier alpha value is -0.340. The summed E-state index contributed by atoms with van der Waals surface area (Å²) in [5.74, 6) is 1.49. The maximum atomic E-state index is 11.7. The van der Waals surface area contributed by atoms with Crippen molar-refractivity contribution < 1.29 is 24.1 Å². The van der Waals surface area contributed by atoms with Crippen molar-refractivity contribution in [3.8, 4) is 0 Å². The van der Waals surface area contributed by atoms with Crippen LogP contribution in [0.25, 0.3) is 0 Å². The molecule has 0 rings (SSSR count). The van der Waals surface area contributed by atoms with Crippen molar-refractivity contribution in [2.45, 2.75) is 40.3 Å².